The highest BCUT2D eigenvalue weighted by atomic mass is 35.5. The van der Waals surface area contributed by atoms with Crippen molar-refractivity contribution in [1.29, 1.82) is 0 Å². The maximum absolute atomic E-state index is 12.8. The van der Waals surface area contributed by atoms with Crippen LogP contribution >= 0.6 is 23.2 Å². The van der Waals surface area contributed by atoms with Crippen molar-refractivity contribution in [3.8, 4) is 11.1 Å². The van der Waals surface area contributed by atoms with Crippen LogP contribution in [0.1, 0.15) is 5.56 Å². The Morgan fingerprint density at radius 3 is 1.88 bits per heavy atom. The molecule has 0 spiro atoms. The van der Waals surface area contributed by atoms with Crippen LogP contribution in [0.25, 0.3) is 11.1 Å². The first-order valence-corrected chi connectivity index (χ1v) is 5.55. The number of hydrogen-bond acceptors (Lipinski definition) is 0. The molecular weight excluding hydrogens is 246 g/mol. The van der Waals surface area contributed by atoms with E-state index in [9.17, 15) is 4.39 Å². The molecule has 0 aliphatic rings. The third-order valence-corrected chi connectivity index (χ3v) is 3.24. The van der Waals surface area contributed by atoms with Crippen molar-refractivity contribution >= 4 is 23.2 Å². The SMILES string of the molecule is Cc1c(Cl)cc(-c2ccc(F)cc2)cc1Cl. The van der Waals surface area contributed by atoms with Crippen LogP contribution in [0.2, 0.25) is 10.0 Å². The van der Waals surface area contributed by atoms with E-state index in [2.05, 4.69) is 0 Å². The molecule has 0 atom stereocenters. The molecule has 0 bridgehead atoms. The van der Waals surface area contributed by atoms with E-state index in [1.165, 1.54) is 12.1 Å². The van der Waals surface area contributed by atoms with E-state index < -0.39 is 0 Å². The van der Waals surface area contributed by atoms with Gasteiger partial charge in [-0.1, -0.05) is 35.3 Å². The van der Waals surface area contributed by atoms with Gasteiger partial charge in [-0.3, -0.25) is 0 Å². The average Bonchev–Trinajstić information content (AvgIpc) is 2.26. The second kappa shape index (κ2) is 4.44. The molecule has 0 saturated heterocycles. The van der Waals surface area contributed by atoms with Crippen molar-refractivity contribution < 1.29 is 4.39 Å². The quantitative estimate of drug-likeness (QED) is 0.664. The maximum atomic E-state index is 12.8. The summed E-state index contributed by atoms with van der Waals surface area (Å²) in [5.74, 6) is -0.256. The fourth-order valence-corrected chi connectivity index (χ4v) is 1.94. The van der Waals surface area contributed by atoms with Crippen LogP contribution in [0.15, 0.2) is 36.4 Å². The smallest absolute Gasteiger partial charge is 0.123 e. The second-order valence-electron chi connectivity index (χ2n) is 3.57. The zero-order valence-electron chi connectivity index (χ0n) is 8.60. The number of halogens is 3. The molecule has 0 aliphatic carbocycles. The Balaban J connectivity index is 2.52. The topological polar surface area (TPSA) is 0 Å². The van der Waals surface area contributed by atoms with Crippen LogP contribution < -0.4 is 0 Å². The molecule has 0 radical (unpaired) electrons. The average molecular weight is 255 g/mol. The Morgan fingerprint density at radius 2 is 1.38 bits per heavy atom. The molecule has 82 valence electrons. The van der Waals surface area contributed by atoms with Crippen molar-refractivity contribution in [3.05, 3.63) is 57.8 Å². The highest BCUT2D eigenvalue weighted by Gasteiger charge is 2.05. The molecule has 0 heterocycles. The van der Waals surface area contributed by atoms with Crippen molar-refractivity contribution in [2.75, 3.05) is 0 Å². The van der Waals surface area contributed by atoms with Gasteiger partial charge < -0.3 is 0 Å². The second-order valence-corrected chi connectivity index (χ2v) is 4.39. The summed E-state index contributed by atoms with van der Waals surface area (Å²) >= 11 is 12.1. The lowest BCUT2D eigenvalue weighted by atomic mass is 10.0. The van der Waals surface area contributed by atoms with Crippen LogP contribution in [0.5, 0.6) is 0 Å². The highest BCUT2D eigenvalue weighted by molar-refractivity contribution is 6.36. The van der Waals surface area contributed by atoms with Crippen molar-refractivity contribution in [2.24, 2.45) is 0 Å². The molecule has 0 unspecified atom stereocenters. The van der Waals surface area contributed by atoms with E-state index in [0.29, 0.717) is 10.0 Å². The summed E-state index contributed by atoms with van der Waals surface area (Å²) in [6.07, 6.45) is 0. The summed E-state index contributed by atoms with van der Waals surface area (Å²) < 4.78 is 12.8. The van der Waals surface area contributed by atoms with Gasteiger partial charge >= 0.3 is 0 Å². The van der Waals surface area contributed by atoms with E-state index in [-0.39, 0.29) is 5.82 Å². The Morgan fingerprint density at radius 1 is 0.875 bits per heavy atom. The fourth-order valence-electron chi connectivity index (χ4n) is 1.45. The zero-order chi connectivity index (χ0) is 11.7. The van der Waals surface area contributed by atoms with E-state index in [1.54, 1.807) is 12.1 Å². The molecule has 0 amide bonds. The normalized spacial score (nSPS) is 10.5. The monoisotopic (exact) mass is 254 g/mol. The zero-order valence-corrected chi connectivity index (χ0v) is 10.1. The maximum Gasteiger partial charge on any atom is 0.123 e. The van der Waals surface area contributed by atoms with E-state index in [0.717, 1.165) is 16.7 Å². The molecular formula is C13H9Cl2F. The number of rotatable bonds is 1. The molecule has 0 saturated carbocycles. The first-order valence-electron chi connectivity index (χ1n) is 4.79. The summed E-state index contributed by atoms with van der Waals surface area (Å²) in [4.78, 5) is 0. The lowest BCUT2D eigenvalue weighted by Crippen LogP contribution is -1.83. The molecule has 2 aromatic carbocycles. The predicted octanol–water partition coefficient (Wildman–Crippen LogP) is 5.11. The Kier molecular flexibility index (Phi) is 3.17. The van der Waals surface area contributed by atoms with Gasteiger partial charge in [-0.15, -0.1) is 0 Å². The first kappa shape index (κ1) is 11.4. The molecule has 2 aromatic rings. The molecule has 0 fully saturated rings. The molecule has 0 aliphatic heterocycles. The lowest BCUT2D eigenvalue weighted by Gasteiger charge is -2.06. The third-order valence-electron chi connectivity index (χ3n) is 2.46. The Labute approximate surface area is 104 Å². The minimum Gasteiger partial charge on any atom is -0.207 e. The summed E-state index contributed by atoms with van der Waals surface area (Å²) in [7, 11) is 0. The van der Waals surface area contributed by atoms with Gasteiger partial charge in [-0.25, -0.2) is 4.39 Å². The molecule has 3 heteroatoms. The van der Waals surface area contributed by atoms with Gasteiger partial charge in [0.05, 0.1) is 0 Å². The number of benzene rings is 2. The Hall–Kier alpha value is -1.05. The standard InChI is InChI=1S/C13H9Cl2F/c1-8-12(14)6-10(7-13(8)15)9-2-4-11(16)5-3-9/h2-7H,1H3. The summed E-state index contributed by atoms with van der Waals surface area (Å²) in [5.41, 5.74) is 2.64. The summed E-state index contributed by atoms with van der Waals surface area (Å²) in [5, 5.41) is 1.23. The lowest BCUT2D eigenvalue weighted by molar-refractivity contribution is 0.628. The third kappa shape index (κ3) is 2.21. The minimum atomic E-state index is -0.256. The van der Waals surface area contributed by atoms with Gasteiger partial charge in [-0.2, -0.15) is 0 Å². The van der Waals surface area contributed by atoms with Crippen LogP contribution in [0.4, 0.5) is 4.39 Å². The predicted molar refractivity (Wildman–Crippen MR) is 66.6 cm³/mol. The summed E-state index contributed by atoms with van der Waals surface area (Å²) in [6.45, 7) is 1.86. The largest absolute Gasteiger partial charge is 0.207 e. The molecule has 0 aromatic heterocycles. The van der Waals surface area contributed by atoms with Crippen LogP contribution in [-0.4, -0.2) is 0 Å². The van der Waals surface area contributed by atoms with Crippen LogP contribution in [0.3, 0.4) is 0 Å². The van der Waals surface area contributed by atoms with Gasteiger partial charge in [0.25, 0.3) is 0 Å². The first-order chi connectivity index (χ1) is 7.58. The van der Waals surface area contributed by atoms with Gasteiger partial charge in [0.1, 0.15) is 5.82 Å². The molecule has 0 N–H and O–H groups in total. The Bertz CT molecular complexity index is 495. The highest BCUT2D eigenvalue weighted by Crippen LogP contribution is 2.31. The van der Waals surface area contributed by atoms with Crippen molar-refractivity contribution in [1.82, 2.24) is 0 Å². The van der Waals surface area contributed by atoms with Crippen LogP contribution in [-0.2, 0) is 0 Å². The summed E-state index contributed by atoms with van der Waals surface area (Å²) in [6, 6.07) is 9.89. The number of hydrogen-bond donors (Lipinski definition) is 0. The van der Waals surface area contributed by atoms with Gasteiger partial charge in [0.2, 0.25) is 0 Å². The minimum absolute atomic E-state index is 0.256. The van der Waals surface area contributed by atoms with Gasteiger partial charge in [0.15, 0.2) is 0 Å². The van der Waals surface area contributed by atoms with Crippen LogP contribution in [0, 0.1) is 12.7 Å². The van der Waals surface area contributed by atoms with Crippen molar-refractivity contribution in [3.63, 3.8) is 0 Å². The van der Waals surface area contributed by atoms with Crippen molar-refractivity contribution in [2.45, 2.75) is 6.92 Å². The van der Waals surface area contributed by atoms with Gasteiger partial charge in [-0.05, 0) is 47.9 Å². The molecule has 2 rings (SSSR count). The van der Waals surface area contributed by atoms with Gasteiger partial charge in [0, 0.05) is 10.0 Å². The van der Waals surface area contributed by atoms with E-state index in [4.69, 9.17) is 23.2 Å². The molecule has 16 heavy (non-hydrogen) atoms. The molecule has 0 nitrogen and oxygen atoms in total. The van der Waals surface area contributed by atoms with E-state index in [1.807, 2.05) is 19.1 Å². The van der Waals surface area contributed by atoms with E-state index >= 15 is 0 Å². The fraction of sp³-hybridized carbons (Fsp3) is 0.0769.